The number of carboxylic acids is 1. The van der Waals surface area contributed by atoms with Crippen molar-refractivity contribution in [1.29, 1.82) is 0 Å². The van der Waals surface area contributed by atoms with Crippen LogP contribution in [0.1, 0.15) is 24.3 Å². The van der Waals surface area contributed by atoms with Gasteiger partial charge in [-0.25, -0.2) is 14.8 Å². The molecular weight excluding hydrogens is 172 g/mol. The number of carboxylic acid groups (broad SMARTS) is 1. The lowest BCUT2D eigenvalue weighted by atomic mass is 10.4. The lowest BCUT2D eigenvalue weighted by Gasteiger charge is -2.06. The predicted octanol–water partition coefficient (Wildman–Crippen LogP) is 0.962. The molecule has 0 amide bonds. The quantitative estimate of drug-likeness (QED) is 0.753. The van der Waals surface area contributed by atoms with E-state index in [-0.39, 0.29) is 11.8 Å². The lowest BCUT2D eigenvalue weighted by molar-refractivity contribution is 0.0689. The van der Waals surface area contributed by atoms with Gasteiger partial charge in [0.25, 0.3) is 0 Å². The van der Waals surface area contributed by atoms with Gasteiger partial charge in [0.1, 0.15) is 0 Å². The molecule has 13 heavy (non-hydrogen) atoms. The normalized spacial score (nSPS) is 10.1. The molecule has 1 N–H and O–H groups in total. The molecule has 0 aliphatic carbocycles. The highest BCUT2D eigenvalue weighted by Gasteiger charge is 2.05. The molecule has 0 fully saturated rings. The van der Waals surface area contributed by atoms with Gasteiger partial charge in [-0.1, -0.05) is 0 Å². The molecule has 1 rings (SSSR count). The van der Waals surface area contributed by atoms with Crippen LogP contribution in [-0.2, 0) is 0 Å². The molecule has 1 aromatic heterocycles. The van der Waals surface area contributed by atoms with Crippen LogP contribution in [0.15, 0.2) is 12.4 Å². The molecule has 1 heterocycles. The Balaban J connectivity index is 2.75. The first kappa shape index (κ1) is 9.44. The van der Waals surface area contributed by atoms with E-state index in [2.05, 4.69) is 9.97 Å². The van der Waals surface area contributed by atoms with Crippen LogP contribution in [0, 0.1) is 0 Å². The Hall–Kier alpha value is -1.65. The minimum Gasteiger partial charge on any atom is -0.476 e. The van der Waals surface area contributed by atoms with Crippen LogP contribution in [-0.4, -0.2) is 27.1 Å². The number of carbonyl (C=O) groups is 1. The van der Waals surface area contributed by atoms with Gasteiger partial charge in [-0.2, -0.15) is 0 Å². The standard InChI is InChI=1S/C8H10N2O3/c1-5(2)13-7-4-9-6(3-10-7)8(11)12/h3-5H,1-2H3,(H,11,12). The minimum absolute atomic E-state index is 0.00461. The van der Waals surface area contributed by atoms with Gasteiger partial charge in [0.2, 0.25) is 5.88 Å². The summed E-state index contributed by atoms with van der Waals surface area (Å²) in [4.78, 5) is 17.8. The van der Waals surface area contributed by atoms with E-state index in [9.17, 15) is 4.79 Å². The summed E-state index contributed by atoms with van der Waals surface area (Å²) in [6, 6.07) is 0. The van der Waals surface area contributed by atoms with E-state index in [1.807, 2.05) is 13.8 Å². The van der Waals surface area contributed by atoms with Crippen molar-refractivity contribution in [3.8, 4) is 5.88 Å². The van der Waals surface area contributed by atoms with Gasteiger partial charge in [-0.15, -0.1) is 0 Å². The Morgan fingerprint density at radius 3 is 2.54 bits per heavy atom. The maximum Gasteiger partial charge on any atom is 0.356 e. The SMILES string of the molecule is CC(C)Oc1cnc(C(=O)O)cn1. The summed E-state index contributed by atoms with van der Waals surface area (Å²) in [5.74, 6) is -0.761. The van der Waals surface area contributed by atoms with Crippen LogP contribution in [0.2, 0.25) is 0 Å². The Morgan fingerprint density at radius 2 is 2.15 bits per heavy atom. The molecule has 0 saturated carbocycles. The summed E-state index contributed by atoms with van der Waals surface area (Å²) in [6.07, 6.45) is 2.47. The summed E-state index contributed by atoms with van der Waals surface area (Å²) in [5.41, 5.74) is -0.0869. The van der Waals surface area contributed by atoms with Crippen molar-refractivity contribution in [2.24, 2.45) is 0 Å². The summed E-state index contributed by atoms with van der Waals surface area (Å²) >= 11 is 0. The summed E-state index contributed by atoms with van der Waals surface area (Å²) < 4.78 is 5.18. The van der Waals surface area contributed by atoms with Crippen LogP contribution < -0.4 is 4.74 Å². The van der Waals surface area contributed by atoms with E-state index < -0.39 is 5.97 Å². The molecule has 0 atom stereocenters. The average Bonchev–Trinajstić information content (AvgIpc) is 2.04. The van der Waals surface area contributed by atoms with E-state index in [1.165, 1.54) is 12.4 Å². The first-order chi connectivity index (χ1) is 6.09. The molecule has 5 heteroatoms. The van der Waals surface area contributed by atoms with Gasteiger partial charge >= 0.3 is 5.97 Å². The highest BCUT2D eigenvalue weighted by Crippen LogP contribution is 2.05. The molecule has 0 aromatic carbocycles. The van der Waals surface area contributed by atoms with Crippen LogP contribution in [0.3, 0.4) is 0 Å². The average molecular weight is 182 g/mol. The number of nitrogens with zero attached hydrogens (tertiary/aromatic N) is 2. The van der Waals surface area contributed by atoms with Gasteiger partial charge in [0.15, 0.2) is 5.69 Å². The number of aromatic carboxylic acids is 1. The van der Waals surface area contributed by atoms with Crippen molar-refractivity contribution >= 4 is 5.97 Å². The fraction of sp³-hybridized carbons (Fsp3) is 0.375. The number of aromatic nitrogens is 2. The topological polar surface area (TPSA) is 72.3 Å². The smallest absolute Gasteiger partial charge is 0.356 e. The third-order valence-electron chi connectivity index (χ3n) is 1.20. The maximum absolute atomic E-state index is 10.4. The van der Waals surface area contributed by atoms with Crippen molar-refractivity contribution in [3.63, 3.8) is 0 Å². The molecular formula is C8H10N2O3. The van der Waals surface area contributed by atoms with Crippen molar-refractivity contribution in [3.05, 3.63) is 18.1 Å². The zero-order valence-electron chi connectivity index (χ0n) is 7.39. The second-order valence-electron chi connectivity index (χ2n) is 2.71. The molecule has 0 saturated heterocycles. The molecule has 5 nitrogen and oxygen atoms in total. The summed E-state index contributed by atoms with van der Waals surface area (Å²) in [6.45, 7) is 3.71. The maximum atomic E-state index is 10.4. The number of rotatable bonds is 3. The second kappa shape index (κ2) is 3.84. The van der Waals surface area contributed by atoms with Crippen molar-refractivity contribution in [2.45, 2.75) is 20.0 Å². The van der Waals surface area contributed by atoms with E-state index in [0.717, 1.165) is 0 Å². The minimum atomic E-state index is -1.09. The van der Waals surface area contributed by atoms with E-state index in [0.29, 0.717) is 5.88 Å². The van der Waals surface area contributed by atoms with E-state index >= 15 is 0 Å². The molecule has 0 radical (unpaired) electrons. The van der Waals surface area contributed by atoms with Crippen LogP contribution in [0.25, 0.3) is 0 Å². The number of hydrogen-bond acceptors (Lipinski definition) is 4. The first-order valence-electron chi connectivity index (χ1n) is 3.81. The fourth-order valence-electron chi connectivity index (χ4n) is 0.729. The largest absolute Gasteiger partial charge is 0.476 e. The van der Waals surface area contributed by atoms with Gasteiger partial charge in [-0.3, -0.25) is 0 Å². The van der Waals surface area contributed by atoms with Crippen molar-refractivity contribution in [1.82, 2.24) is 9.97 Å². The predicted molar refractivity (Wildman–Crippen MR) is 44.8 cm³/mol. The van der Waals surface area contributed by atoms with Gasteiger partial charge in [-0.05, 0) is 13.8 Å². The zero-order chi connectivity index (χ0) is 9.84. The molecule has 0 spiro atoms. The van der Waals surface area contributed by atoms with Crippen LogP contribution >= 0.6 is 0 Å². The van der Waals surface area contributed by atoms with Crippen LogP contribution in [0.5, 0.6) is 5.88 Å². The molecule has 0 aliphatic rings. The molecule has 0 bridgehead atoms. The van der Waals surface area contributed by atoms with Gasteiger partial charge in [0, 0.05) is 0 Å². The van der Waals surface area contributed by atoms with Crippen molar-refractivity contribution < 1.29 is 14.6 Å². The Kier molecular flexibility index (Phi) is 2.79. The zero-order valence-corrected chi connectivity index (χ0v) is 7.39. The summed E-state index contributed by atoms with van der Waals surface area (Å²) in [5, 5.41) is 8.51. The third kappa shape index (κ3) is 2.70. The molecule has 0 aliphatic heterocycles. The number of ether oxygens (including phenoxy) is 1. The fourth-order valence-corrected chi connectivity index (χ4v) is 0.729. The molecule has 0 unspecified atom stereocenters. The first-order valence-corrected chi connectivity index (χ1v) is 3.81. The Labute approximate surface area is 75.4 Å². The summed E-state index contributed by atoms with van der Waals surface area (Å²) in [7, 11) is 0. The van der Waals surface area contributed by atoms with Gasteiger partial charge in [0.05, 0.1) is 18.5 Å². The number of hydrogen-bond donors (Lipinski definition) is 1. The monoisotopic (exact) mass is 182 g/mol. The van der Waals surface area contributed by atoms with Crippen molar-refractivity contribution in [2.75, 3.05) is 0 Å². The molecule has 70 valence electrons. The Bertz CT molecular complexity index is 295. The highest BCUT2D eigenvalue weighted by molar-refractivity contribution is 5.84. The van der Waals surface area contributed by atoms with Crippen LogP contribution in [0.4, 0.5) is 0 Å². The Morgan fingerprint density at radius 1 is 1.46 bits per heavy atom. The highest BCUT2D eigenvalue weighted by atomic mass is 16.5. The van der Waals surface area contributed by atoms with E-state index in [1.54, 1.807) is 0 Å². The van der Waals surface area contributed by atoms with Gasteiger partial charge < -0.3 is 9.84 Å². The van der Waals surface area contributed by atoms with E-state index in [4.69, 9.17) is 9.84 Å². The lowest BCUT2D eigenvalue weighted by Crippen LogP contribution is -2.08. The second-order valence-corrected chi connectivity index (χ2v) is 2.71. The third-order valence-corrected chi connectivity index (χ3v) is 1.20. The molecule has 1 aromatic rings.